The molecule has 0 fully saturated rings. The van der Waals surface area contributed by atoms with Gasteiger partial charge in [-0.1, -0.05) is 52.2 Å². The Bertz CT molecular complexity index is 182. The summed E-state index contributed by atoms with van der Waals surface area (Å²) in [6.07, 6.45) is 6.34. The van der Waals surface area contributed by atoms with Gasteiger partial charge in [-0.05, 0) is 37.6 Å². The van der Waals surface area contributed by atoms with Gasteiger partial charge < -0.3 is 5.73 Å². The van der Waals surface area contributed by atoms with Crippen LogP contribution in [0.3, 0.4) is 0 Å². The minimum atomic E-state index is 0.271. The number of unbranched alkanes of at least 4 members (excludes halogenated alkanes) is 1. The Morgan fingerprint density at radius 2 is 1.93 bits per heavy atom. The molecular formula is C14H29N. The van der Waals surface area contributed by atoms with E-state index in [4.69, 9.17) is 5.73 Å². The topological polar surface area (TPSA) is 26.0 Å². The molecule has 1 heteroatoms. The predicted octanol–water partition coefficient (Wildman–Crippen LogP) is 4.13. The van der Waals surface area contributed by atoms with Gasteiger partial charge in [-0.3, -0.25) is 0 Å². The van der Waals surface area contributed by atoms with Gasteiger partial charge >= 0.3 is 0 Å². The highest BCUT2D eigenvalue weighted by Crippen LogP contribution is 2.35. The van der Waals surface area contributed by atoms with Crippen LogP contribution in [0.25, 0.3) is 0 Å². The molecule has 0 heterocycles. The fraction of sp³-hybridized carbons (Fsp3) is 0.857. The average molecular weight is 211 g/mol. The van der Waals surface area contributed by atoms with Crippen molar-refractivity contribution in [1.82, 2.24) is 0 Å². The Morgan fingerprint density at radius 1 is 1.33 bits per heavy atom. The van der Waals surface area contributed by atoms with Crippen molar-refractivity contribution in [3.8, 4) is 0 Å². The third-order valence-corrected chi connectivity index (χ3v) is 3.50. The van der Waals surface area contributed by atoms with E-state index >= 15 is 0 Å². The lowest BCUT2D eigenvalue weighted by Crippen LogP contribution is -2.20. The Kier molecular flexibility index (Phi) is 6.91. The molecular weight excluding hydrogens is 182 g/mol. The number of nitrogens with two attached hydrogens (primary N) is 1. The molecule has 0 aliphatic carbocycles. The van der Waals surface area contributed by atoms with Crippen LogP contribution in [-0.2, 0) is 0 Å². The van der Waals surface area contributed by atoms with Crippen molar-refractivity contribution in [2.45, 2.75) is 59.8 Å². The molecule has 1 atom stereocenters. The standard InChI is InChI=1S/C14H29N/c1-6-7-8-13(9-10-15)11-14(4,5)12(2)3/h13H,2,6-11,15H2,1,3-5H3. The van der Waals surface area contributed by atoms with Crippen LogP contribution < -0.4 is 5.73 Å². The minimum absolute atomic E-state index is 0.271. The first-order chi connectivity index (χ1) is 6.94. The van der Waals surface area contributed by atoms with E-state index in [1.54, 1.807) is 0 Å². The van der Waals surface area contributed by atoms with Gasteiger partial charge in [0.25, 0.3) is 0 Å². The van der Waals surface area contributed by atoms with Gasteiger partial charge in [0, 0.05) is 0 Å². The number of hydrogen-bond acceptors (Lipinski definition) is 1. The van der Waals surface area contributed by atoms with Crippen molar-refractivity contribution in [3.05, 3.63) is 12.2 Å². The molecule has 0 rings (SSSR count). The van der Waals surface area contributed by atoms with Crippen LogP contribution >= 0.6 is 0 Å². The Labute approximate surface area is 96.1 Å². The molecule has 0 aromatic rings. The summed E-state index contributed by atoms with van der Waals surface area (Å²) in [5, 5.41) is 0. The van der Waals surface area contributed by atoms with Crippen molar-refractivity contribution < 1.29 is 0 Å². The number of hydrogen-bond donors (Lipinski definition) is 1. The number of rotatable bonds is 8. The summed E-state index contributed by atoms with van der Waals surface area (Å²) in [7, 11) is 0. The van der Waals surface area contributed by atoms with Crippen molar-refractivity contribution in [1.29, 1.82) is 0 Å². The van der Waals surface area contributed by atoms with E-state index in [9.17, 15) is 0 Å². The van der Waals surface area contributed by atoms with Gasteiger partial charge in [-0.15, -0.1) is 0 Å². The molecule has 0 aliphatic heterocycles. The van der Waals surface area contributed by atoms with E-state index in [1.165, 1.54) is 31.3 Å². The van der Waals surface area contributed by atoms with E-state index in [1.807, 2.05) is 0 Å². The molecule has 90 valence electrons. The molecule has 15 heavy (non-hydrogen) atoms. The van der Waals surface area contributed by atoms with Gasteiger partial charge in [-0.25, -0.2) is 0 Å². The molecule has 1 nitrogen and oxygen atoms in total. The molecule has 0 spiro atoms. The highest BCUT2D eigenvalue weighted by Gasteiger charge is 2.23. The summed E-state index contributed by atoms with van der Waals surface area (Å²) in [5.74, 6) is 0.779. The maximum atomic E-state index is 5.67. The Hall–Kier alpha value is -0.300. The second-order valence-electron chi connectivity index (χ2n) is 5.45. The van der Waals surface area contributed by atoms with Gasteiger partial charge in [0.15, 0.2) is 0 Å². The highest BCUT2D eigenvalue weighted by atomic mass is 14.5. The van der Waals surface area contributed by atoms with Crippen LogP contribution in [0.1, 0.15) is 59.8 Å². The van der Waals surface area contributed by atoms with Crippen molar-refractivity contribution in [3.63, 3.8) is 0 Å². The molecule has 2 N–H and O–H groups in total. The first-order valence-electron chi connectivity index (χ1n) is 6.30. The highest BCUT2D eigenvalue weighted by molar-refractivity contribution is 5.03. The van der Waals surface area contributed by atoms with E-state index in [0.717, 1.165) is 18.9 Å². The van der Waals surface area contributed by atoms with E-state index in [0.29, 0.717) is 0 Å². The van der Waals surface area contributed by atoms with Crippen LogP contribution in [0.5, 0.6) is 0 Å². The monoisotopic (exact) mass is 211 g/mol. The molecule has 0 aromatic carbocycles. The molecule has 0 aliphatic rings. The van der Waals surface area contributed by atoms with Crippen molar-refractivity contribution in [2.75, 3.05) is 6.54 Å². The maximum absolute atomic E-state index is 5.67. The predicted molar refractivity (Wildman–Crippen MR) is 69.9 cm³/mol. The quantitative estimate of drug-likeness (QED) is 0.600. The van der Waals surface area contributed by atoms with Gasteiger partial charge in [0.1, 0.15) is 0 Å². The summed E-state index contributed by atoms with van der Waals surface area (Å²) in [6.45, 7) is 13.9. The average Bonchev–Trinajstić information content (AvgIpc) is 2.14. The van der Waals surface area contributed by atoms with Crippen LogP contribution in [-0.4, -0.2) is 6.54 Å². The van der Waals surface area contributed by atoms with Gasteiger partial charge in [0.2, 0.25) is 0 Å². The first kappa shape index (κ1) is 14.7. The fourth-order valence-electron chi connectivity index (χ4n) is 1.97. The third-order valence-electron chi connectivity index (χ3n) is 3.50. The summed E-state index contributed by atoms with van der Waals surface area (Å²) in [5.41, 5.74) is 7.24. The molecule has 0 amide bonds. The molecule has 0 radical (unpaired) electrons. The van der Waals surface area contributed by atoms with Crippen LogP contribution in [0.4, 0.5) is 0 Å². The summed E-state index contributed by atoms with van der Waals surface area (Å²) >= 11 is 0. The molecule has 1 unspecified atom stereocenters. The zero-order chi connectivity index (χ0) is 11.9. The number of allylic oxidation sites excluding steroid dienone is 1. The lowest BCUT2D eigenvalue weighted by Gasteiger charge is -2.30. The lowest BCUT2D eigenvalue weighted by atomic mass is 9.75. The second kappa shape index (κ2) is 7.05. The van der Waals surface area contributed by atoms with Crippen LogP contribution in [0.2, 0.25) is 0 Å². The Balaban J connectivity index is 4.19. The fourth-order valence-corrected chi connectivity index (χ4v) is 1.97. The summed E-state index contributed by atoms with van der Waals surface area (Å²) in [4.78, 5) is 0. The van der Waals surface area contributed by atoms with Crippen molar-refractivity contribution >= 4 is 0 Å². The van der Waals surface area contributed by atoms with E-state index in [2.05, 4.69) is 34.3 Å². The molecule has 0 bridgehead atoms. The van der Waals surface area contributed by atoms with E-state index < -0.39 is 0 Å². The van der Waals surface area contributed by atoms with Crippen molar-refractivity contribution in [2.24, 2.45) is 17.1 Å². The van der Waals surface area contributed by atoms with Gasteiger partial charge in [0.05, 0.1) is 0 Å². The Morgan fingerprint density at radius 3 is 2.33 bits per heavy atom. The summed E-state index contributed by atoms with van der Waals surface area (Å²) < 4.78 is 0. The SMILES string of the molecule is C=C(C)C(C)(C)CC(CCN)CCCC. The van der Waals surface area contributed by atoms with Crippen LogP contribution in [0.15, 0.2) is 12.2 Å². The molecule has 0 saturated heterocycles. The first-order valence-corrected chi connectivity index (χ1v) is 6.30. The maximum Gasteiger partial charge on any atom is -0.00746 e. The largest absolute Gasteiger partial charge is 0.330 e. The third kappa shape index (κ3) is 5.99. The second-order valence-corrected chi connectivity index (χ2v) is 5.45. The summed E-state index contributed by atoms with van der Waals surface area (Å²) in [6, 6.07) is 0. The molecule has 0 aromatic heterocycles. The molecule has 0 saturated carbocycles. The van der Waals surface area contributed by atoms with Crippen LogP contribution in [0, 0.1) is 11.3 Å². The van der Waals surface area contributed by atoms with E-state index in [-0.39, 0.29) is 5.41 Å². The normalized spacial score (nSPS) is 13.9. The zero-order valence-corrected chi connectivity index (χ0v) is 11.1. The minimum Gasteiger partial charge on any atom is -0.330 e. The smallest absolute Gasteiger partial charge is 0.00746 e. The zero-order valence-electron chi connectivity index (χ0n) is 11.1. The van der Waals surface area contributed by atoms with Gasteiger partial charge in [-0.2, -0.15) is 0 Å². The lowest BCUT2D eigenvalue weighted by molar-refractivity contribution is 0.287.